The minimum absolute atomic E-state index is 0. The van der Waals surface area contributed by atoms with Crippen LogP contribution in [0.15, 0.2) is 54.6 Å². The van der Waals surface area contributed by atoms with Gasteiger partial charge in [0.25, 0.3) is 0 Å². The third kappa shape index (κ3) is 5.67. The molecule has 1 radical (unpaired) electrons. The van der Waals surface area contributed by atoms with Gasteiger partial charge in [0.05, 0.1) is 5.56 Å². The molecule has 0 spiro atoms. The van der Waals surface area contributed by atoms with Gasteiger partial charge in [0.2, 0.25) is 0 Å². The van der Waals surface area contributed by atoms with Crippen LogP contribution in [0.5, 0.6) is 5.75 Å². The second kappa shape index (κ2) is 10.9. The molecule has 0 amide bonds. The first-order valence-corrected chi connectivity index (χ1v) is 5.67. The van der Waals surface area contributed by atoms with E-state index in [9.17, 15) is 9.90 Å². The molecule has 0 bridgehead atoms. The van der Waals surface area contributed by atoms with Crippen molar-refractivity contribution < 1.29 is 42.6 Å². The molecule has 0 unspecified atom stereocenters. The number of carbonyl (C=O) groups excluding carboxylic acids is 1. The average Bonchev–Trinajstić information content (AvgIpc) is 2.42. The van der Waals surface area contributed by atoms with Gasteiger partial charge in [0, 0.05) is 38.3 Å². The van der Waals surface area contributed by atoms with Gasteiger partial charge in [-0.05, 0) is 12.1 Å². The Morgan fingerprint density at radius 1 is 0.895 bits per heavy atom. The van der Waals surface area contributed by atoms with Crippen LogP contribution in [0, 0.1) is 7.43 Å². The molecule has 99 valence electrons. The van der Waals surface area contributed by atoms with E-state index in [0.717, 1.165) is 0 Å². The Hall–Kier alpha value is -0.986. The summed E-state index contributed by atoms with van der Waals surface area (Å²) < 4.78 is 0. The van der Waals surface area contributed by atoms with Gasteiger partial charge in [-0.2, -0.15) is 0 Å². The summed E-state index contributed by atoms with van der Waals surface area (Å²) in [4.78, 5) is 11.9. The fourth-order valence-corrected chi connectivity index (χ4v) is 1.41. The summed E-state index contributed by atoms with van der Waals surface area (Å²) in [7, 11) is 0. The Labute approximate surface area is 140 Å². The maximum absolute atomic E-state index is 11.9. The minimum atomic E-state index is -0.159. The molecular weight excluding hydrogens is 313 g/mol. The summed E-state index contributed by atoms with van der Waals surface area (Å²) in [6.07, 6.45) is 0. The van der Waals surface area contributed by atoms with E-state index in [1.54, 1.807) is 42.5 Å². The number of benzene rings is 2. The molecule has 2 aromatic carbocycles. The number of hydrogen-bond acceptors (Lipinski definition) is 2. The Bertz CT molecular complexity index is 481. The van der Waals surface area contributed by atoms with Crippen LogP contribution >= 0.6 is 0 Å². The molecule has 19 heavy (non-hydrogen) atoms. The van der Waals surface area contributed by atoms with Crippen LogP contribution in [0.1, 0.15) is 29.8 Å². The van der Waals surface area contributed by atoms with Gasteiger partial charge in [-0.25, -0.2) is 0 Å². The summed E-state index contributed by atoms with van der Waals surface area (Å²) in [5.74, 6) is -0.139. The van der Waals surface area contributed by atoms with Crippen LogP contribution in [-0.2, 0) is 32.7 Å². The zero-order valence-corrected chi connectivity index (χ0v) is 14.5. The van der Waals surface area contributed by atoms with Gasteiger partial charge < -0.3 is 12.5 Å². The maximum Gasteiger partial charge on any atom is 0.196 e. The zero-order valence-electron chi connectivity index (χ0n) is 11.6. The van der Waals surface area contributed by atoms with Gasteiger partial charge in [-0.1, -0.05) is 56.3 Å². The number of hydrogen-bond donors (Lipinski definition) is 1. The van der Waals surface area contributed by atoms with Crippen LogP contribution < -0.4 is 0 Å². The molecule has 0 saturated heterocycles. The summed E-state index contributed by atoms with van der Waals surface area (Å²) >= 11 is 0. The Morgan fingerprint density at radius 3 is 1.89 bits per heavy atom. The molecule has 1 N–H and O–H groups in total. The quantitative estimate of drug-likeness (QED) is 0.664. The topological polar surface area (TPSA) is 37.3 Å². The summed E-state index contributed by atoms with van der Waals surface area (Å²) in [6.45, 7) is 4.00. The number of aromatic hydroxyl groups is 1. The standard InChI is InChI=1S/C13H10O2.C2H6.CH3.Y/c14-12-9-5-4-8-11(12)13(15)10-6-2-1-3-7-10;1-2;;/h1-9,14H;1-2H3;1H3;/q;;-1;. The first kappa shape index (κ1) is 20.3. The molecule has 0 aliphatic heterocycles. The maximum atomic E-state index is 11.9. The molecule has 0 aromatic heterocycles. The second-order valence-electron chi connectivity index (χ2n) is 3.21. The number of phenolic OH excluding ortho intramolecular Hbond substituents is 1. The van der Waals surface area contributed by atoms with Crippen molar-refractivity contribution in [3.8, 4) is 5.75 Å². The second-order valence-corrected chi connectivity index (χ2v) is 3.21. The van der Waals surface area contributed by atoms with E-state index < -0.39 is 0 Å². The molecular formula is C16H19O2Y-. The number of rotatable bonds is 2. The molecule has 2 nitrogen and oxygen atoms in total. The number of phenols is 1. The number of ketones is 1. The van der Waals surface area contributed by atoms with E-state index >= 15 is 0 Å². The van der Waals surface area contributed by atoms with Crippen molar-refractivity contribution in [2.45, 2.75) is 13.8 Å². The molecule has 0 aliphatic carbocycles. The van der Waals surface area contributed by atoms with Crippen molar-refractivity contribution in [3.63, 3.8) is 0 Å². The van der Waals surface area contributed by atoms with E-state index in [-0.39, 0.29) is 51.7 Å². The number of carbonyl (C=O) groups is 1. The van der Waals surface area contributed by atoms with Crippen molar-refractivity contribution in [3.05, 3.63) is 73.2 Å². The van der Waals surface area contributed by atoms with Crippen molar-refractivity contribution in [1.29, 1.82) is 0 Å². The fourth-order valence-electron chi connectivity index (χ4n) is 1.41. The van der Waals surface area contributed by atoms with E-state index in [1.165, 1.54) is 6.07 Å². The predicted octanol–water partition coefficient (Wildman–Crippen LogP) is 4.10. The molecule has 2 aromatic rings. The molecule has 0 atom stereocenters. The summed E-state index contributed by atoms with van der Waals surface area (Å²) in [6, 6.07) is 15.5. The fraction of sp³-hybridized carbons (Fsp3) is 0.125. The summed E-state index contributed by atoms with van der Waals surface area (Å²) in [5, 5.41) is 9.52. The van der Waals surface area contributed by atoms with E-state index in [2.05, 4.69) is 0 Å². The molecule has 0 saturated carbocycles. The normalized spacial score (nSPS) is 8.11. The number of para-hydroxylation sites is 1. The summed E-state index contributed by atoms with van der Waals surface area (Å²) in [5.41, 5.74) is 0.919. The first-order chi connectivity index (χ1) is 8.29. The van der Waals surface area contributed by atoms with Gasteiger partial charge in [0.1, 0.15) is 5.75 Å². The van der Waals surface area contributed by atoms with Gasteiger partial charge in [-0.15, -0.1) is 0 Å². The van der Waals surface area contributed by atoms with Crippen molar-refractivity contribution in [1.82, 2.24) is 0 Å². The van der Waals surface area contributed by atoms with Crippen molar-refractivity contribution >= 4 is 5.78 Å². The van der Waals surface area contributed by atoms with E-state index in [1.807, 2.05) is 19.9 Å². The molecule has 2 rings (SSSR count). The molecule has 0 heterocycles. The largest absolute Gasteiger partial charge is 0.507 e. The van der Waals surface area contributed by atoms with Gasteiger partial charge in [0.15, 0.2) is 5.78 Å². The van der Waals surface area contributed by atoms with Gasteiger partial charge in [-0.3, -0.25) is 4.79 Å². The van der Waals surface area contributed by atoms with Crippen LogP contribution in [0.25, 0.3) is 0 Å². The van der Waals surface area contributed by atoms with Crippen LogP contribution in [-0.4, -0.2) is 10.9 Å². The Balaban J connectivity index is 0. The third-order valence-electron chi connectivity index (χ3n) is 2.18. The molecule has 0 aliphatic rings. The smallest absolute Gasteiger partial charge is 0.196 e. The van der Waals surface area contributed by atoms with Crippen molar-refractivity contribution in [2.75, 3.05) is 0 Å². The van der Waals surface area contributed by atoms with Gasteiger partial charge >= 0.3 is 0 Å². The van der Waals surface area contributed by atoms with Crippen LogP contribution in [0.3, 0.4) is 0 Å². The molecule has 3 heteroatoms. The SMILES string of the molecule is CC.O=C(c1ccccc1)c1ccccc1O.[CH3-].[Y]. The Morgan fingerprint density at radius 2 is 1.37 bits per heavy atom. The zero-order chi connectivity index (χ0) is 12.7. The predicted molar refractivity (Wildman–Crippen MR) is 75.7 cm³/mol. The van der Waals surface area contributed by atoms with Crippen LogP contribution in [0.2, 0.25) is 0 Å². The van der Waals surface area contributed by atoms with Crippen LogP contribution in [0.4, 0.5) is 0 Å². The monoisotopic (exact) mass is 332 g/mol. The first-order valence-electron chi connectivity index (χ1n) is 5.67. The average molecular weight is 332 g/mol. The van der Waals surface area contributed by atoms with Crippen molar-refractivity contribution in [2.24, 2.45) is 0 Å². The Kier molecular flexibility index (Phi) is 11.7. The van der Waals surface area contributed by atoms with E-state index in [4.69, 9.17) is 0 Å². The molecule has 0 fully saturated rings. The third-order valence-corrected chi connectivity index (χ3v) is 2.18. The van der Waals surface area contributed by atoms with E-state index in [0.29, 0.717) is 11.1 Å². The minimum Gasteiger partial charge on any atom is -0.507 e.